The Labute approximate surface area is 99.3 Å². The third-order valence-electron chi connectivity index (χ3n) is 4.10. The second kappa shape index (κ2) is 4.58. The molecule has 1 N–H and O–H groups in total. The molecule has 1 aromatic rings. The minimum absolute atomic E-state index is 0.700. The summed E-state index contributed by atoms with van der Waals surface area (Å²) in [7, 11) is 2.09. The molecule has 0 bridgehead atoms. The molecule has 0 heterocycles. The van der Waals surface area contributed by atoms with Gasteiger partial charge in [-0.2, -0.15) is 0 Å². The van der Waals surface area contributed by atoms with Gasteiger partial charge in [0.25, 0.3) is 0 Å². The van der Waals surface area contributed by atoms with Crippen LogP contribution in [0.4, 0.5) is 0 Å². The molecule has 0 spiro atoms. The molecule has 88 valence electrons. The number of hydrogen-bond acceptors (Lipinski definition) is 1. The van der Waals surface area contributed by atoms with Gasteiger partial charge in [0.15, 0.2) is 0 Å². The minimum atomic E-state index is 0.700. The fourth-order valence-electron chi connectivity index (χ4n) is 3.27. The molecule has 0 radical (unpaired) electrons. The summed E-state index contributed by atoms with van der Waals surface area (Å²) in [4.78, 5) is 0. The van der Waals surface area contributed by atoms with E-state index in [1.165, 1.54) is 24.0 Å². The van der Waals surface area contributed by atoms with Crippen molar-refractivity contribution in [2.24, 2.45) is 5.92 Å². The Bertz CT molecular complexity index is 349. The normalized spacial score (nSPS) is 29.6. The molecule has 3 atom stereocenters. The van der Waals surface area contributed by atoms with Gasteiger partial charge in [-0.15, -0.1) is 0 Å². The van der Waals surface area contributed by atoms with Crippen molar-refractivity contribution < 1.29 is 0 Å². The van der Waals surface area contributed by atoms with Crippen LogP contribution in [0.1, 0.15) is 42.4 Å². The van der Waals surface area contributed by atoms with Crippen LogP contribution in [0.5, 0.6) is 0 Å². The van der Waals surface area contributed by atoms with Gasteiger partial charge in [0.2, 0.25) is 0 Å². The molecule has 2 rings (SSSR count). The Morgan fingerprint density at radius 1 is 1.06 bits per heavy atom. The van der Waals surface area contributed by atoms with Crippen LogP contribution in [0.25, 0.3) is 0 Å². The molecule has 1 nitrogen and oxygen atoms in total. The summed E-state index contributed by atoms with van der Waals surface area (Å²) in [6, 6.07) is 7.70. The lowest BCUT2D eigenvalue weighted by molar-refractivity contribution is 0.428. The maximum atomic E-state index is 3.44. The molecule has 1 aromatic carbocycles. The quantitative estimate of drug-likeness (QED) is 0.800. The molecule has 1 aliphatic carbocycles. The van der Waals surface area contributed by atoms with E-state index in [0.29, 0.717) is 6.04 Å². The van der Waals surface area contributed by atoms with Crippen LogP contribution in [0.2, 0.25) is 0 Å². The van der Waals surface area contributed by atoms with Crippen molar-refractivity contribution in [1.82, 2.24) is 5.32 Å². The lowest BCUT2D eigenvalue weighted by atomic mass is 9.87. The largest absolute Gasteiger partial charge is 0.317 e. The van der Waals surface area contributed by atoms with Crippen molar-refractivity contribution in [2.45, 2.75) is 45.6 Å². The predicted octanol–water partition coefficient (Wildman–Crippen LogP) is 3.40. The van der Waals surface area contributed by atoms with E-state index >= 15 is 0 Å². The molecule has 1 aliphatic rings. The van der Waals surface area contributed by atoms with E-state index in [1.54, 1.807) is 5.56 Å². The van der Waals surface area contributed by atoms with Crippen molar-refractivity contribution in [2.75, 3.05) is 7.05 Å². The van der Waals surface area contributed by atoms with Crippen LogP contribution in [0.15, 0.2) is 18.2 Å². The van der Waals surface area contributed by atoms with Crippen LogP contribution >= 0.6 is 0 Å². The van der Waals surface area contributed by atoms with Crippen molar-refractivity contribution in [1.29, 1.82) is 0 Å². The van der Waals surface area contributed by atoms with E-state index in [2.05, 4.69) is 51.3 Å². The first-order chi connectivity index (χ1) is 7.61. The Balaban J connectivity index is 2.25. The first kappa shape index (κ1) is 11.7. The first-order valence-electron chi connectivity index (χ1n) is 6.37. The van der Waals surface area contributed by atoms with Crippen LogP contribution in [0, 0.1) is 19.8 Å². The minimum Gasteiger partial charge on any atom is -0.317 e. The van der Waals surface area contributed by atoms with Crippen molar-refractivity contribution in [3.8, 4) is 0 Å². The van der Waals surface area contributed by atoms with E-state index in [4.69, 9.17) is 0 Å². The third-order valence-corrected chi connectivity index (χ3v) is 4.10. The molecule has 1 heteroatoms. The maximum absolute atomic E-state index is 3.44. The fourth-order valence-corrected chi connectivity index (χ4v) is 3.27. The lowest BCUT2D eigenvalue weighted by Gasteiger charge is -2.21. The molecule has 0 aromatic heterocycles. The second-order valence-corrected chi connectivity index (χ2v) is 5.36. The van der Waals surface area contributed by atoms with Gasteiger partial charge < -0.3 is 5.32 Å². The lowest BCUT2D eigenvalue weighted by Crippen LogP contribution is -2.28. The third kappa shape index (κ3) is 2.15. The van der Waals surface area contributed by atoms with Gasteiger partial charge in [-0.1, -0.05) is 36.2 Å². The summed E-state index contributed by atoms with van der Waals surface area (Å²) >= 11 is 0. The molecule has 1 fully saturated rings. The van der Waals surface area contributed by atoms with E-state index in [-0.39, 0.29) is 0 Å². The average Bonchev–Trinajstić information content (AvgIpc) is 2.58. The van der Waals surface area contributed by atoms with Gasteiger partial charge in [-0.3, -0.25) is 0 Å². The standard InChI is InChI=1S/C15H23N/c1-10-7-11(2)9-13(8-10)14-5-6-15(16-4)12(14)3/h7-9,12,14-16H,5-6H2,1-4H3. The zero-order chi connectivity index (χ0) is 11.7. The molecule has 1 saturated carbocycles. The molecule has 0 saturated heterocycles. The molecule has 0 amide bonds. The van der Waals surface area contributed by atoms with Crippen LogP contribution < -0.4 is 5.32 Å². The van der Waals surface area contributed by atoms with Crippen molar-refractivity contribution in [3.05, 3.63) is 34.9 Å². The van der Waals surface area contributed by atoms with Crippen LogP contribution in [-0.2, 0) is 0 Å². The van der Waals surface area contributed by atoms with Gasteiger partial charge in [0.05, 0.1) is 0 Å². The van der Waals surface area contributed by atoms with Gasteiger partial charge in [0, 0.05) is 6.04 Å². The molecular weight excluding hydrogens is 194 g/mol. The Morgan fingerprint density at radius 2 is 1.69 bits per heavy atom. The number of benzene rings is 1. The summed E-state index contributed by atoms with van der Waals surface area (Å²) in [6.07, 6.45) is 2.64. The van der Waals surface area contributed by atoms with Gasteiger partial charge in [-0.25, -0.2) is 0 Å². The number of rotatable bonds is 2. The highest BCUT2D eigenvalue weighted by molar-refractivity contribution is 5.32. The summed E-state index contributed by atoms with van der Waals surface area (Å²) in [5.74, 6) is 1.50. The second-order valence-electron chi connectivity index (χ2n) is 5.36. The highest BCUT2D eigenvalue weighted by Gasteiger charge is 2.32. The monoisotopic (exact) mass is 217 g/mol. The van der Waals surface area contributed by atoms with Gasteiger partial charge in [0.1, 0.15) is 0 Å². The Morgan fingerprint density at radius 3 is 2.19 bits per heavy atom. The van der Waals surface area contributed by atoms with Gasteiger partial charge >= 0.3 is 0 Å². The SMILES string of the molecule is CNC1CCC(c2cc(C)cc(C)c2)C1C. The van der Waals surface area contributed by atoms with E-state index in [0.717, 1.165) is 11.8 Å². The molecule has 0 aliphatic heterocycles. The van der Waals surface area contributed by atoms with Crippen molar-refractivity contribution in [3.63, 3.8) is 0 Å². The van der Waals surface area contributed by atoms with E-state index in [9.17, 15) is 0 Å². The zero-order valence-corrected chi connectivity index (χ0v) is 10.9. The summed E-state index contributed by atoms with van der Waals surface area (Å²) in [5, 5.41) is 3.44. The zero-order valence-electron chi connectivity index (χ0n) is 10.9. The fraction of sp³-hybridized carbons (Fsp3) is 0.600. The molecular formula is C15H23N. The topological polar surface area (TPSA) is 12.0 Å². The highest BCUT2D eigenvalue weighted by atomic mass is 14.9. The van der Waals surface area contributed by atoms with E-state index < -0.39 is 0 Å². The Kier molecular flexibility index (Phi) is 3.34. The number of nitrogens with one attached hydrogen (secondary N) is 1. The molecule has 3 unspecified atom stereocenters. The molecule has 16 heavy (non-hydrogen) atoms. The highest BCUT2D eigenvalue weighted by Crippen LogP contribution is 2.39. The first-order valence-corrected chi connectivity index (χ1v) is 6.37. The summed E-state index contributed by atoms with van der Waals surface area (Å²) < 4.78 is 0. The Hall–Kier alpha value is -0.820. The predicted molar refractivity (Wildman–Crippen MR) is 69.9 cm³/mol. The van der Waals surface area contributed by atoms with Crippen LogP contribution in [0.3, 0.4) is 0 Å². The van der Waals surface area contributed by atoms with Gasteiger partial charge in [-0.05, 0) is 51.1 Å². The smallest absolute Gasteiger partial charge is 0.00957 e. The summed E-state index contributed by atoms with van der Waals surface area (Å²) in [5.41, 5.74) is 4.34. The van der Waals surface area contributed by atoms with Crippen molar-refractivity contribution >= 4 is 0 Å². The maximum Gasteiger partial charge on any atom is 0.00957 e. The van der Waals surface area contributed by atoms with E-state index in [1.807, 2.05) is 0 Å². The average molecular weight is 217 g/mol. The number of aryl methyl sites for hydroxylation is 2. The summed E-state index contributed by atoms with van der Waals surface area (Å²) in [6.45, 7) is 6.79. The number of hydrogen-bond donors (Lipinski definition) is 1. The van der Waals surface area contributed by atoms with Crippen LogP contribution in [-0.4, -0.2) is 13.1 Å².